The molecule has 0 aromatic heterocycles. The molecule has 1 unspecified atom stereocenters. The number of carbonyl (C=O) groups excluding carboxylic acids is 2. The molecule has 0 radical (unpaired) electrons. The van der Waals surface area contributed by atoms with Crippen LogP contribution in [0, 0.1) is 0 Å². The summed E-state index contributed by atoms with van der Waals surface area (Å²) in [5.41, 5.74) is 6.23. The lowest BCUT2D eigenvalue weighted by atomic mass is 10.1. The van der Waals surface area contributed by atoms with E-state index in [9.17, 15) is 9.59 Å². The predicted molar refractivity (Wildman–Crippen MR) is 78.9 cm³/mol. The molecule has 2 N–H and O–H groups in total. The van der Waals surface area contributed by atoms with Crippen LogP contribution in [0.2, 0.25) is 0 Å². The summed E-state index contributed by atoms with van der Waals surface area (Å²) >= 11 is 0. The Morgan fingerprint density at radius 3 is 2.71 bits per heavy atom. The summed E-state index contributed by atoms with van der Waals surface area (Å²) in [5.74, 6) is 0.289. The van der Waals surface area contributed by atoms with Gasteiger partial charge < -0.3 is 15.4 Å². The van der Waals surface area contributed by atoms with E-state index in [1.54, 1.807) is 12.0 Å². The Morgan fingerprint density at radius 2 is 2.05 bits per heavy atom. The smallest absolute Gasteiger partial charge is 0.236 e. The van der Waals surface area contributed by atoms with Crippen molar-refractivity contribution in [3.05, 3.63) is 29.8 Å². The number of rotatable bonds is 4. The van der Waals surface area contributed by atoms with E-state index in [0.29, 0.717) is 25.4 Å². The van der Waals surface area contributed by atoms with Gasteiger partial charge in [-0.25, -0.2) is 0 Å². The molecule has 1 aromatic carbocycles. The van der Waals surface area contributed by atoms with E-state index in [4.69, 9.17) is 10.5 Å². The van der Waals surface area contributed by atoms with Crippen molar-refractivity contribution >= 4 is 11.8 Å². The van der Waals surface area contributed by atoms with Crippen molar-refractivity contribution in [2.45, 2.75) is 12.5 Å². The molecule has 1 aromatic rings. The fourth-order valence-electron chi connectivity index (χ4n) is 2.53. The highest BCUT2D eigenvalue weighted by Crippen LogP contribution is 2.19. The molecule has 2 amide bonds. The van der Waals surface area contributed by atoms with E-state index in [1.165, 1.54) is 0 Å². The molecule has 1 saturated heterocycles. The summed E-state index contributed by atoms with van der Waals surface area (Å²) in [6.07, 6.45) is 0.263. The molecular weight excluding hydrogens is 270 g/mol. The van der Waals surface area contributed by atoms with E-state index in [2.05, 4.69) is 0 Å². The zero-order valence-corrected chi connectivity index (χ0v) is 12.4. The van der Waals surface area contributed by atoms with Crippen molar-refractivity contribution in [3.63, 3.8) is 0 Å². The largest absolute Gasteiger partial charge is 0.496 e. The third kappa shape index (κ3) is 3.52. The summed E-state index contributed by atoms with van der Waals surface area (Å²) in [4.78, 5) is 27.4. The maximum Gasteiger partial charge on any atom is 0.236 e. The maximum absolute atomic E-state index is 12.4. The second-order valence-corrected chi connectivity index (χ2v) is 5.23. The molecule has 21 heavy (non-hydrogen) atoms. The summed E-state index contributed by atoms with van der Waals surface area (Å²) in [7, 11) is 3.43. The number of piperazine rings is 1. The summed E-state index contributed by atoms with van der Waals surface area (Å²) in [5, 5.41) is 0. The van der Waals surface area contributed by atoms with Crippen LogP contribution in [0.15, 0.2) is 24.3 Å². The molecule has 0 saturated carbocycles. The molecule has 0 bridgehead atoms. The number of hydrogen-bond acceptors (Lipinski definition) is 4. The third-order valence-electron chi connectivity index (χ3n) is 3.86. The lowest BCUT2D eigenvalue weighted by Crippen LogP contribution is -2.58. The highest BCUT2D eigenvalue weighted by atomic mass is 16.5. The fourth-order valence-corrected chi connectivity index (χ4v) is 2.53. The number of para-hydroxylation sites is 1. The van der Waals surface area contributed by atoms with Gasteiger partial charge in [0, 0.05) is 25.2 Å². The first-order valence-electron chi connectivity index (χ1n) is 6.92. The quantitative estimate of drug-likeness (QED) is 0.838. The van der Waals surface area contributed by atoms with Gasteiger partial charge in [0.1, 0.15) is 11.8 Å². The SMILES string of the molecule is COc1ccccc1CC(=O)N1CCN(C)C(C(N)=O)C1. The van der Waals surface area contributed by atoms with Crippen LogP contribution in [-0.4, -0.2) is 61.4 Å². The number of carbonyl (C=O) groups is 2. The predicted octanol–water partition coefficient (Wildman–Crippen LogP) is -0.134. The number of primary amides is 1. The number of nitrogens with two attached hydrogens (primary N) is 1. The van der Waals surface area contributed by atoms with Gasteiger partial charge in [-0.2, -0.15) is 0 Å². The van der Waals surface area contributed by atoms with Crippen LogP contribution >= 0.6 is 0 Å². The van der Waals surface area contributed by atoms with E-state index >= 15 is 0 Å². The van der Waals surface area contributed by atoms with Gasteiger partial charge in [0.2, 0.25) is 11.8 Å². The van der Waals surface area contributed by atoms with Crippen LogP contribution in [0.4, 0.5) is 0 Å². The number of methoxy groups -OCH3 is 1. The van der Waals surface area contributed by atoms with Crippen LogP contribution in [0.3, 0.4) is 0 Å². The first-order valence-corrected chi connectivity index (χ1v) is 6.92. The summed E-state index contributed by atoms with van der Waals surface area (Å²) in [6, 6.07) is 7.03. The van der Waals surface area contributed by atoms with E-state index < -0.39 is 11.9 Å². The number of likely N-dealkylation sites (N-methyl/N-ethyl adjacent to an activating group) is 1. The summed E-state index contributed by atoms with van der Waals surface area (Å²) in [6.45, 7) is 1.60. The maximum atomic E-state index is 12.4. The van der Waals surface area contributed by atoms with Gasteiger partial charge in [-0.15, -0.1) is 0 Å². The normalized spacial score (nSPS) is 19.3. The van der Waals surface area contributed by atoms with Crippen molar-refractivity contribution in [1.29, 1.82) is 0 Å². The Morgan fingerprint density at radius 1 is 1.33 bits per heavy atom. The average Bonchev–Trinajstić information content (AvgIpc) is 2.47. The minimum Gasteiger partial charge on any atom is -0.496 e. The number of benzene rings is 1. The average molecular weight is 291 g/mol. The molecule has 1 heterocycles. The molecule has 1 aliphatic rings. The number of ether oxygens (including phenoxy) is 1. The molecule has 6 nitrogen and oxygen atoms in total. The zero-order chi connectivity index (χ0) is 15.4. The van der Waals surface area contributed by atoms with Crippen LogP contribution in [0.1, 0.15) is 5.56 Å². The second kappa shape index (κ2) is 6.58. The van der Waals surface area contributed by atoms with E-state index in [0.717, 1.165) is 5.56 Å². The minimum atomic E-state index is -0.416. The lowest BCUT2D eigenvalue weighted by molar-refractivity contribution is -0.136. The Bertz CT molecular complexity index is 533. The Hall–Kier alpha value is -2.08. The zero-order valence-electron chi connectivity index (χ0n) is 12.4. The highest BCUT2D eigenvalue weighted by molar-refractivity contribution is 5.83. The van der Waals surface area contributed by atoms with E-state index in [1.807, 2.05) is 36.2 Å². The standard InChI is InChI=1S/C15H21N3O3/c1-17-7-8-18(10-12(17)15(16)20)14(19)9-11-5-3-4-6-13(11)21-2/h3-6,12H,7-10H2,1-2H3,(H2,16,20). The molecule has 2 rings (SSSR count). The van der Waals surface area contributed by atoms with Gasteiger partial charge in [0.25, 0.3) is 0 Å². The van der Waals surface area contributed by atoms with Crippen LogP contribution in [0.25, 0.3) is 0 Å². The molecule has 1 fully saturated rings. The van der Waals surface area contributed by atoms with Crippen molar-refractivity contribution < 1.29 is 14.3 Å². The Balaban J connectivity index is 2.05. The third-order valence-corrected chi connectivity index (χ3v) is 3.86. The Labute approximate surface area is 124 Å². The molecule has 6 heteroatoms. The van der Waals surface area contributed by atoms with Crippen molar-refractivity contribution in [1.82, 2.24) is 9.80 Å². The van der Waals surface area contributed by atoms with Gasteiger partial charge in [-0.05, 0) is 13.1 Å². The van der Waals surface area contributed by atoms with Crippen LogP contribution < -0.4 is 10.5 Å². The van der Waals surface area contributed by atoms with Crippen molar-refractivity contribution in [2.75, 3.05) is 33.8 Å². The van der Waals surface area contributed by atoms with Gasteiger partial charge in [0.15, 0.2) is 0 Å². The minimum absolute atomic E-state index is 0.0150. The molecule has 1 atom stereocenters. The first-order chi connectivity index (χ1) is 10.0. The highest BCUT2D eigenvalue weighted by Gasteiger charge is 2.30. The van der Waals surface area contributed by atoms with Gasteiger partial charge in [-0.1, -0.05) is 18.2 Å². The molecule has 114 valence electrons. The fraction of sp³-hybridized carbons (Fsp3) is 0.467. The van der Waals surface area contributed by atoms with Crippen molar-refractivity contribution in [3.8, 4) is 5.75 Å². The van der Waals surface area contributed by atoms with Gasteiger partial charge in [0.05, 0.1) is 13.5 Å². The van der Waals surface area contributed by atoms with Gasteiger partial charge in [-0.3, -0.25) is 14.5 Å². The topological polar surface area (TPSA) is 75.9 Å². The molecule has 0 aliphatic carbocycles. The van der Waals surface area contributed by atoms with Crippen LogP contribution in [-0.2, 0) is 16.0 Å². The lowest BCUT2D eigenvalue weighted by Gasteiger charge is -2.37. The molecule has 0 spiro atoms. The second-order valence-electron chi connectivity index (χ2n) is 5.23. The first kappa shape index (κ1) is 15.3. The number of nitrogens with zero attached hydrogens (tertiary/aromatic N) is 2. The number of amides is 2. The monoisotopic (exact) mass is 291 g/mol. The summed E-state index contributed by atoms with van der Waals surface area (Å²) < 4.78 is 5.26. The van der Waals surface area contributed by atoms with E-state index in [-0.39, 0.29) is 12.3 Å². The van der Waals surface area contributed by atoms with Gasteiger partial charge >= 0.3 is 0 Å². The molecule has 1 aliphatic heterocycles. The Kier molecular flexibility index (Phi) is 4.80. The molecular formula is C15H21N3O3. The van der Waals surface area contributed by atoms with Crippen LogP contribution in [0.5, 0.6) is 5.75 Å². The van der Waals surface area contributed by atoms with Crippen molar-refractivity contribution in [2.24, 2.45) is 5.73 Å². The number of hydrogen-bond donors (Lipinski definition) is 1.